The summed E-state index contributed by atoms with van der Waals surface area (Å²) in [5.41, 5.74) is -7.87. The van der Waals surface area contributed by atoms with E-state index in [1.54, 1.807) is 6.07 Å². The number of hydrogen-bond donors (Lipinski definition) is 1. The van der Waals surface area contributed by atoms with Crippen molar-refractivity contribution in [3.8, 4) is 0 Å². The molecular weight excluding hydrogens is 594 g/mol. The molecule has 13 heteroatoms. The molecule has 0 aliphatic rings. The Hall–Kier alpha value is -4.42. The highest BCUT2D eigenvalue weighted by Gasteiger charge is 2.43. The van der Waals surface area contributed by atoms with Crippen molar-refractivity contribution in [1.82, 2.24) is 10.3 Å². The van der Waals surface area contributed by atoms with Crippen LogP contribution in [-0.4, -0.2) is 10.9 Å². The summed E-state index contributed by atoms with van der Waals surface area (Å²) in [7, 11) is 0. The quantitative estimate of drug-likeness (QED) is 0.213. The Morgan fingerprint density at radius 2 is 1.37 bits per heavy atom. The van der Waals surface area contributed by atoms with E-state index in [2.05, 4.69) is 10.3 Å². The molecule has 1 aromatic heterocycles. The monoisotopic (exact) mass is 614 g/mol. The lowest BCUT2D eigenvalue weighted by molar-refractivity contribution is -0.138. The van der Waals surface area contributed by atoms with Gasteiger partial charge in [-0.05, 0) is 59.7 Å². The Kier molecular flexibility index (Phi) is 8.31. The largest absolute Gasteiger partial charge is 0.416 e. The molecule has 4 rings (SSSR count). The second-order valence-corrected chi connectivity index (χ2v) is 9.76. The third-order valence-electron chi connectivity index (χ3n) is 6.59. The molecule has 1 N–H and O–H groups in total. The first-order chi connectivity index (χ1) is 19.9. The maximum Gasteiger partial charge on any atom is 0.416 e. The normalized spacial score (nSPS) is 13.8. The molecule has 1 atom stereocenters. The van der Waals surface area contributed by atoms with Gasteiger partial charge in [-0.25, -0.2) is 17.6 Å². The van der Waals surface area contributed by atoms with Crippen LogP contribution < -0.4 is 5.32 Å². The van der Waals surface area contributed by atoms with Crippen molar-refractivity contribution in [3.63, 3.8) is 0 Å². The second kappa shape index (κ2) is 11.3. The molecule has 226 valence electrons. The number of benzene rings is 3. The number of alkyl halides is 8. The van der Waals surface area contributed by atoms with Crippen LogP contribution in [0.25, 0.3) is 0 Å². The summed E-state index contributed by atoms with van der Waals surface area (Å²) in [4.78, 5) is 17.5. The van der Waals surface area contributed by atoms with Gasteiger partial charge in [0, 0.05) is 25.1 Å². The molecule has 0 aliphatic carbocycles. The van der Waals surface area contributed by atoms with Gasteiger partial charge in [-0.3, -0.25) is 9.78 Å². The lowest BCUT2D eigenvalue weighted by Crippen LogP contribution is -2.49. The average Bonchev–Trinajstić information content (AvgIpc) is 2.91. The van der Waals surface area contributed by atoms with E-state index in [1.807, 2.05) is 0 Å². The number of hydrogen-bond acceptors (Lipinski definition) is 2. The topological polar surface area (TPSA) is 42.0 Å². The van der Waals surface area contributed by atoms with Crippen LogP contribution >= 0.6 is 0 Å². The SMILES string of the molecule is CC(F)(F)c1ccc(C(=O)NC(Cc2ccccc2)(c2cc(F)cc(C(F)(F)F)c2)c2cc(C(F)(F)F)ccn2)cc1F. The molecule has 3 aromatic carbocycles. The van der Waals surface area contributed by atoms with Crippen molar-refractivity contribution in [2.75, 3.05) is 0 Å². The predicted molar refractivity (Wildman–Crippen MR) is 135 cm³/mol. The van der Waals surface area contributed by atoms with E-state index >= 15 is 0 Å². The lowest BCUT2D eigenvalue weighted by atomic mass is 9.79. The third kappa shape index (κ3) is 6.98. The molecule has 43 heavy (non-hydrogen) atoms. The van der Waals surface area contributed by atoms with Crippen molar-refractivity contribution in [2.45, 2.75) is 37.2 Å². The van der Waals surface area contributed by atoms with Gasteiger partial charge in [0.05, 0.1) is 22.4 Å². The molecule has 4 aromatic rings. The fourth-order valence-electron chi connectivity index (χ4n) is 4.54. The number of nitrogens with one attached hydrogen (secondary N) is 1. The number of rotatable bonds is 7. The van der Waals surface area contributed by atoms with Crippen molar-refractivity contribution in [3.05, 3.63) is 136 Å². The third-order valence-corrected chi connectivity index (χ3v) is 6.59. The number of aromatic nitrogens is 1. The van der Waals surface area contributed by atoms with E-state index in [9.17, 15) is 48.7 Å². The minimum atomic E-state index is -5.11. The van der Waals surface area contributed by atoms with Crippen LogP contribution in [0.1, 0.15) is 50.8 Å². The molecule has 1 amide bonds. The van der Waals surface area contributed by atoms with Gasteiger partial charge in [0.25, 0.3) is 11.8 Å². The number of carbonyl (C=O) groups is 1. The zero-order valence-corrected chi connectivity index (χ0v) is 21.9. The van der Waals surface area contributed by atoms with Crippen LogP contribution in [0, 0.1) is 11.6 Å². The fraction of sp³-hybridized carbons (Fsp3) is 0.200. The van der Waals surface area contributed by atoms with Crippen molar-refractivity contribution in [2.24, 2.45) is 0 Å². The first kappa shape index (κ1) is 31.5. The summed E-state index contributed by atoms with van der Waals surface area (Å²) in [6, 6.07) is 11.7. The second-order valence-electron chi connectivity index (χ2n) is 9.76. The highest BCUT2D eigenvalue weighted by Crippen LogP contribution is 2.40. The van der Waals surface area contributed by atoms with Crippen molar-refractivity contribution in [1.29, 1.82) is 0 Å². The Morgan fingerprint density at radius 3 is 1.95 bits per heavy atom. The van der Waals surface area contributed by atoms with Gasteiger partial charge in [-0.2, -0.15) is 26.3 Å². The molecule has 0 bridgehead atoms. The predicted octanol–water partition coefficient (Wildman–Crippen LogP) is 8.43. The van der Waals surface area contributed by atoms with Crippen LogP contribution in [0.4, 0.5) is 43.9 Å². The van der Waals surface area contributed by atoms with Gasteiger partial charge < -0.3 is 5.32 Å². The van der Waals surface area contributed by atoms with Crippen LogP contribution in [0.2, 0.25) is 0 Å². The van der Waals surface area contributed by atoms with E-state index in [-0.39, 0.29) is 11.6 Å². The average molecular weight is 614 g/mol. The van der Waals surface area contributed by atoms with Gasteiger partial charge in [0.1, 0.15) is 17.2 Å². The summed E-state index contributed by atoms with van der Waals surface area (Å²) in [6.07, 6.45) is -9.90. The number of pyridine rings is 1. The Labute approximate surface area is 238 Å². The molecule has 0 spiro atoms. The van der Waals surface area contributed by atoms with Crippen LogP contribution in [0.15, 0.2) is 85.1 Å². The van der Waals surface area contributed by atoms with E-state index in [0.29, 0.717) is 49.5 Å². The smallest absolute Gasteiger partial charge is 0.337 e. The Balaban J connectivity index is 2.01. The summed E-state index contributed by atoms with van der Waals surface area (Å²) in [6.45, 7) is 0.414. The molecular formula is C30H20F10N2O. The van der Waals surface area contributed by atoms with Gasteiger partial charge in [-0.1, -0.05) is 30.3 Å². The van der Waals surface area contributed by atoms with Gasteiger partial charge in [-0.15, -0.1) is 0 Å². The molecule has 3 nitrogen and oxygen atoms in total. The lowest BCUT2D eigenvalue weighted by Gasteiger charge is -2.36. The van der Waals surface area contributed by atoms with Gasteiger partial charge >= 0.3 is 12.4 Å². The standard InChI is InChI=1S/C30H20F10N2O/c1-27(33,34)23-8-7-18(11-24(23)32)26(43)42-28(16-17-5-3-2-4-6-17,25-15-19(9-10-41-25)29(35,36)37)20-12-21(30(38,39)40)14-22(31)13-20/h2-15H,16H2,1H3,(H,42,43). The van der Waals surface area contributed by atoms with Crippen LogP contribution in [0.5, 0.6) is 0 Å². The summed E-state index contributed by atoms with van der Waals surface area (Å²) < 4.78 is 139. The Bertz CT molecular complexity index is 1630. The Morgan fingerprint density at radius 1 is 0.744 bits per heavy atom. The van der Waals surface area contributed by atoms with E-state index < -0.39 is 81.3 Å². The molecule has 0 radical (unpaired) electrons. The van der Waals surface area contributed by atoms with Gasteiger partial charge in [0.2, 0.25) is 0 Å². The van der Waals surface area contributed by atoms with E-state index in [1.165, 1.54) is 24.3 Å². The maximum atomic E-state index is 14.7. The number of amides is 1. The maximum absolute atomic E-state index is 14.7. The number of carbonyl (C=O) groups excluding carboxylic acids is 1. The number of halogens is 10. The zero-order chi connectivity index (χ0) is 31.8. The van der Waals surface area contributed by atoms with Crippen LogP contribution in [-0.2, 0) is 30.2 Å². The van der Waals surface area contributed by atoms with Crippen LogP contribution in [0.3, 0.4) is 0 Å². The summed E-state index contributed by atoms with van der Waals surface area (Å²) in [5, 5.41) is 2.34. The number of nitrogens with zero attached hydrogens (tertiary/aromatic N) is 1. The molecule has 0 saturated carbocycles. The molecule has 1 heterocycles. The van der Waals surface area contributed by atoms with E-state index in [0.717, 1.165) is 6.07 Å². The highest BCUT2D eigenvalue weighted by molar-refractivity contribution is 5.95. The molecule has 0 saturated heterocycles. The first-order valence-corrected chi connectivity index (χ1v) is 12.4. The molecule has 0 fully saturated rings. The first-order valence-electron chi connectivity index (χ1n) is 12.4. The molecule has 0 aliphatic heterocycles. The highest BCUT2D eigenvalue weighted by atomic mass is 19.4. The van der Waals surface area contributed by atoms with Crippen molar-refractivity contribution < 1.29 is 48.7 Å². The minimum absolute atomic E-state index is 0.164. The van der Waals surface area contributed by atoms with E-state index in [4.69, 9.17) is 0 Å². The fourth-order valence-corrected chi connectivity index (χ4v) is 4.54. The summed E-state index contributed by atoms with van der Waals surface area (Å²) >= 11 is 0. The zero-order valence-electron chi connectivity index (χ0n) is 21.9. The minimum Gasteiger partial charge on any atom is -0.337 e. The van der Waals surface area contributed by atoms with Gasteiger partial charge in [0.15, 0.2) is 0 Å². The van der Waals surface area contributed by atoms with Crippen molar-refractivity contribution >= 4 is 5.91 Å². The summed E-state index contributed by atoms with van der Waals surface area (Å²) in [5.74, 6) is -7.83. The molecule has 1 unspecified atom stereocenters.